The summed E-state index contributed by atoms with van der Waals surface area (Å²) in [5, 5.41) is 4.85. The van der Waals surface area contributed by atoms with Crippen LogP contribution in [0.1, 0.15) is 23.0 Å². The van der Waals surface area contributed by atoms with Gasteiger partial charge in [0.2, 0.25) is 0 Å². The van der Waals surface area contributed by atoms with Gasteiger partial charge >= 0.3 is 12.1 Å². The first-order chi connectivity index (χ1) is 11.8. The predicted molar refractivity (Wildman–Crippen MR) is 87.2 cm³/mol. The molecule has 0 bridgehead atoms. The van der Waals surface area contributed by atoms with Crippen molar-refractivity contribution in [3.8, 4) is 5.69 Å². The molecule has 9 heteroatoms. The van der Waals surface area contributed by atoms with Gasteiger partial charge in [0, 0.05) is 17.0 Å². The number of carbonyl (C=O) groups is 1. The van der Waals surface area contributed by atoms with Gasteiger partial charge in [-0.3, -0.25) is 0 Å². The quantitative estimate of drug-likeness (QED) is 0.555. The molecule has 0 spiro atoms. The molecule has 0 atom stereocenters. The molecule has 1 N–H and O–H groups in total. The lowest BCUT2D eigenvalue weighted by atomic mass is 10.1. The number of halogens is 3. The number of aromatic amines is 1. The van der Waals surface area contributed by atoms with Crippen molar-refractivity contribution in [1.29, 1.82) is 0 Å². The van der Waals surface area contributed by atoms with Crippen LogP contribution in [0.4, 0.5) is 13.2 Å². The number of esters is 1. The Hall–Kier alpha value is -2.68. The number of alkyl halides is 3. The molecule has 0 amide bonds. The summed E-state index contributed by atoms with van der Waals surface area (Å²) in [7, 11) is 0. The third-order valence-electron chi connectivity index (χ3n) is 3.55. The molecule has 0 saturated heterocycles. The molecule has 0 aliphatic carbocycles. The number of aromatic nitrogens is 3. The highest BCUT2D eigenvalue weighted by Crippen LogP contribution is 2.35. The Labute approximate surface area is 145 Å². The average molecular weight is 367 g/mol. The molecule has 0 unspecified atom stereocenters. The summed E-state index contributed by atoms with van der Waals surface area (Å²) in [6.07, 6.45) is -2.39. The van der Waals surface area contributed by atoms with Gasteiger partial charge in [-0.1, -0.05) is 24.4 Å². The number of benzene rings is 1. The Morgan fingerprint density at radius 1 is 1.32 bits per heavy atom. The molecule has 2 aromatic heterocycles. The summed E-state index contributed by atoms with van der Waals surface area (Å²) in [4.78, 5) is 14.7. The topological polar surface area (TPSA) is 59.9 Å². The van der Waals surface area contributed by atoms with Crippen LogP contribution in [0.2, 0.25) is 0 Å². The zero-order valence-electron chi connectivity index (χ0n) is 12.9. The van der Waals surface area contributed by atoms with E-state index in [2.05, 4.69) is 10.1 Å². The van der Waals surface area contributed by atoms with Crippen molar-refractivity contribution in [2.24, 2.45) is 0 Å². The first-order valence-electron chi connectivity index (χ1n) is 7.27. The molecule has 3 aromatic rings. The minimum absolute atomic E-state index is 0.0370. The maximum absolute atomic E-state index is 13.6. The number of hydrogen-bond acceptors (Lipinski definition) is 4. The number of nitrogens with zero attached hydrogens (tertiary/aromatic N) is 2. The lowest BCUT2D eigenvalue weighted by molar-refractivity contribution is -0.143. The van der Waals surface area contributed by atoms with Crippen LogP contribution in [0.5, 0.6) is 0 Å². The molecule has 0 fully saturated rings. The maximum Gasteiger partial charge on any atom is 0.434 e. The van der Waals surface area contributed by atoms with Crippen molar-refractivity contribution in [2.75, 3.05) is 6.61 Å². The highest BCUT2D eigenvalue weighted by Gasteiger charge is 2.41. The molecule has 0 aliphatic heterocycles. The van der Waals surface area contributed by atoms with Gasteiger partial charge in [-0.2, -0.15) is 18.3 Å². The fraction of sp³-hybridized carbons (Fsp3) is 0.188. The van der Waals surface area contributed by atoms with Gasteiger partial charge in [-0.05, 0) is 19.1 Å². The molecule has 25 heavy (non-hydrogen) atoms. The van der Waals surface area contributed by atoms with Crippen LogP contribution >= 0.6 is 12.2 Å². The third kappa shape index (κ3) is 3.02. The summed E-state index contributed by atoms with van der Waals surface area (Å²) >= 11 is 5.17. The van der Waals surface area contributed by atoms with E-state index < -0.39 is 23.4 Å². The van der Waals surface area contributed by atoms with E-state index in [1.807, 2.05) is 0 Å². The zero-order valence-corrected chi connectivity index (χ0v) is 13.7. The third-order valence-corrected chi connectivity index (χ3v) is 3.89. The van der Waals surface area contributed by atoms with Crippen molar-refractivity contribution in [1.82, 2.24) is 14.8 Å². The molecule has 0 radical (unpaired) electrons. The van der Waals surface area contributed by atoms with Crippen LogP contribution in [0, 0.1) is 4.64 Å². The van der Waals surface area contributed by atoms with E-state index in [1.165, 1.54) is 19.2 Å². The van der Waals surface area contributed by atoms with Gasteiger partial charge in [-0.25, -0.2) is 9.48 Å². The van der Waals surface area contributed by atoms with Gasteiger partial charge in [0.15, 0.2) is 5.69 Å². The van der Waals surface area contributed by atoms with E-state index in [-0.39, 0.29) is 12.3 Å². The fourth-order valence-corrected chi connectivity index (χ4v) is 2.80. The van der Waals surface area contributed by atoms with Crippen LogP contribution in [0.25, 0.3) is 16.5 Å². The number of ether oxygens (including phenoxy) is 1. The van der Waals surface area contributed by atoms with Gasteiger partial charge in [0.25, 0.3) is 0 Å². The molecule has 3 rings (SSSR count). The Balaban J connectivity index is 2.31. The van der Waals surface area contributed by atoms with Crippen LogP contribution in [0.15, 0.2) is 36.7 Å². The summed E-state index contributed by atoms with van der Waals surface area (Å²) in [5.74, 6) is -1.07. The second-order valence-corrected chi connectivity index (χ2v) is 5.49. The number of fused-ring (bicyclic) bond motifs is 1. The second kappa shape index (κ2) is 6.32. The van der Waals surface area contributed by atoms with E-state index in [0.717, 1.165) is 6.20 Å². The van der Waals surface area contributed by atoms with Crippen molar-refractivity contribution < 1.29 is 22.7 Å². The van der Waals surface area contributed by atoms with Crippen molar-refractivity contribution >= 4 is 29.0 Å². The van der Waals surface area contributed by atoms with Crippen molar-refractivity contribution in [3.05, 3.63) is 52.6 Å². The lowest BCUT2D eigenvalue weighted by Gasteiger charge is -2.14. The normalized spacial score (nSPS) is 11.7. The maximum atomic E-state index is 13.6. The van der Waals surface area contributed by atoms with E-state index in [9.17, 15) is 18.0 Å². The molecule has 1 aromatic carbocycles. The number of hydrogen-bond donors (Lipinski definition) is 1. The molecule has 0 saturated carbocycles. The Morgan fingerprint density at radius 2 is 2.08 bits per heavy atom. The molecule has 0 aliphatic rings. The van der Waals surface area contributed by atoms with Crippen LogP contribution in [0.3, 0.4) is 0 Å². The van der Waals surface area contributed by atoms with Crippen LogP contribution in [-0.4, -0.2) is 27.3 Å². The average Bonchev–Trinajstić information content (AvgIpc) is 3.00. The van der Waals surface area contributed by atoms with E-state index in [0.29, 0.717) is 20.1 Å². The van der Waals surface area contributed by atoms with Gasteiger partial charge in [0.05, 0.1) is 18.5 Å². The van der Waals surface area contributed by atoms with Gasteiger partial charge in [-0.15, -0.1) is 0 Å². The summed E-state index contributed by atoms with van der Waals surface area (Å²) in [6.45, 7) is 1.48. The highest BCUT2D eigenvalue weighted by atomic mass is 32.1. The Morgan fingerprint density at radius 3 is 2.76 bits per heavy atom. The number of pyridine rings is 1. The van der Waals surface area contributed by atoms with Crippen LogP contribution in [-0.2, 0) is 10.9 Å². The predicted octanol–water partition coefficient (Wildman–Crippen LogP) is 4.28. The minimum Gasteiger partial charge on any atom is -0.462 e. The highest BCUT2D eigenvalue weighted by molar-refractivity contribution is 7.71. The fourth-order valence-electron chi connectivity index (χ4n) is 2.55. The molecule has 130 valence electrons. The van der Waals surface area contributed by atoms with Crippen molar-refractivity contribution in [3.63, 3.8) is 0 Å². The monoisotopic (exact) mass is 367 g/mol. The molecule has 2 heterocycles. The summed E-state index contributed by atoms with van der Waals surface area (Å²) in [5.41, 5.74) is -1.65. The smallest absolute Gasteiger partial charge is 0.434 e. The zero-order chi connectivity index (χ0) is 18.2. The number of carbonyl (C=O) groups excluding carboxylic acids is 1. The lowest BCUT2D eigenvalue weighted by Crippen LogP contribution is -2.18. The summed E-state index contributed by atoms with van der Waals surface area (Å²) < 4.78 is 46.6. The van der Waals surface area contributed by atoms with Crippen LogP contribution < -0.4 is 0 Å². The number of nitrogens with one attached hydrogen (secondary N) is 1. The summed E-state index contributed by atoms with van der Waals surface area (Å²) in [6, 6.07) is 6.36. The first-order valence-corrected chi connectivity index (χ1v) is 7.68. The largest absolute Gasteiger partial charge is 0.462 e. The molecular formula is C16H12F3N3O2S. The molecular weight excluding hydrogens is 355 g/mol. The van der Waals surface area contributed by atoms with E-state index >= 15 is 0 Å². The van der Waals surface area contributed by atoms with Gasteiger partial charge < -0.3 is 9.72 Å². The van der Waals surface area contributed by atoms with E-state index in [4.69, 9.17) is 17.0 Å². The number of H-pyrrole nitrogens is 1. The first kappa shape index (κ1) is 17.2. The standard InChI is InChI=1S/C16H12F3N3O2S/c1-2-24-15(23)11-8-21-22(13(11)16(17,18)19)12-5-3-4-10-9(12)6-7-20-14(10)25/h3-8H,2H2,1H3,(H,20,25). The minimum atomic E-state index is -4.79. The number of rotatable bonds is 3. The van der Waals surface area contributed by atoms with E-state index in [1.54, 1.807) is 18.2 Å². The SMILES string of the molecule is CCOC(=O)c1cnn(-c2cccc3c(=S)[nH]ccc23)c1C(F)(F)F. The van der Waals surface area contributed by atoms with Crippen molar-refractivity contribution in [2.45, 2.75) is 13.1 Å². The molecule has 5 nitrogen and oxygen atoms in total. The Bertz CT molecular complexity index is 1010. The second-order valence-electron chi connectivity index (χ2n) is 5.08. The Kier molecular flexibility index (Phi) is 4.34. The van der Waals surface area contributed by atoms with Gasteiger partial charge in [0.1, 0.15) is 10.2 Å².